The van der Waals surface area contributed by atoms with Gasteiger partial charge in [0.1, 0.15) is 0 Å². The zero-order chi connectivity index (χ0) is 12.4. The van der Waals surface area contributed by atoms with Crippen molar-refractivity contribution in [3.05, 3.63) is 0 Å². The Bertz CT molecular complexity index is 301. The molecule has 2 heterocycles. The third kappa shape index (κ3) is 2.69. The molecule has 1 aliphatic carbocycles. The summed E-state index contributed by atoms with van der Waals surface area (Å²) in [7, 11) is 0. The van der Waals surface area contributed by atoms with Gasteiger partial charge in [0.15, 0.2) is 0 Å². The van der Waals surface area contributed by atoms with Gasteiger partial charge >= 0.3 is 0 Å². The zero-order valence-electron chi connectivity index (χ0n) is 11.2. The molecule has 18 heavy (non-hydrogen) atoms. The number of rotatable bonds is 2. The zero-order valence-corrected chi connectivity index (χ0v) is 11.2. The maximum Gasteiger partial charge on any atom is 0.234 e. The van der Waals surface area contributed by atoms with E-state index in [1.165, 1.54) is 38.5 Å². The normalized spacial score (nSPS) is 35.0. The first-order valence-electron chi connectivity index (χ1n) is 7.57. The number of hydrogen-bond acceptors (Lipinski definition) is 3. The molecule has 4 nitrogen and oxygen atoms in total. The van der Waals surface area contributed by atoms with Crippen molar-refractivity contribution in [2.24, 2.45) is 5.92 Å². The van der Waals surface area contributed by atoms with Crippen LogP contribution >= 0.6 is 0 Å². The highest BCUT2D eigenvalue weighted by molar-refractivity contribution is 5.79. The summed E-state index contributed by atoms with van der Waals surface area (Å²) < 4.78 is 0. The Labute approximate surface area is 109 Å². The van der Waals surface area contributed by atoms with E-state index in [9.17, 15) is 4.79 Å². The Morgan fingerprint density at radius 2 is 1.89 bits per heavy atom. The Hall–Kier alpha value is -0.610. The van der Waals surface area contributed by atoms with Crippen molar-refractivity contribution in [2.75, 3.05) is 26.2 Å². The molecule has 1 saturated carbocycles. The molecule has 2 unspecified atom stereocenters. The minimum absolute atomic E-state index is 0.243. The van der Waals surface area contributed by atoms with E-state index in [4.69, 9.17) is 0 Å². The Morgan fingerprint density at radius 1 is 1.11 bits per heavy atom. The molecule has 2 N–H and O–H groups in total. The number of piperidine rings is 1. The van der Waals surface area contributed by atoms with Crippen molar-refractivity contribution in [3.8, 4) is 0 Å². The molecule has 0 radical (unpaired) electrons. The van der Waals surface area contributed by atoms with Crippen LogP contribution in [0.1, 0.15) is 38.5 Å². The fourth-order valence-electron chi connectivity index (χ4n) is 3.87. The average Bonchev–Trinajstić information content (AvgIpc) is 2.40. The van der Waals surface area contributed by atoms with E-state index >= 15 is 0 Å². The number of carbonyl (C=O) groups excluding carboxylic acids is 1. The summed E-state index contributed by atoms with van der Waals surface area (Å²) in [4.78, 5) is 14.3. The largest absolute Gasteiger partial charge is 0.351 e. The highest BCUT2D eigenvalue weighted by Crippen LogP contribution is 2.27. The van der Waals surface area contributed by atoms with Gasteiger partial charge < -0.3 is 10.6 Å². The Balaban J connectivity index is 1.62. The van der Waals surface area contributed by atoms with Crippen molar-refractivity contribution in [1.29, 1.82) is 0 Å². The van der Waals surface area contributed by atoms with Gasteiger partial charge in [-0.05, 0) is 44.7 Å². The predicted molar refractivity (Wildman–Crippen MR) is 71.4 cm³/mol. The SMILES string of the molecule is O=C1CN(CC2CCNCC2)C2CCCCC2N1. The second kappa shape index (κ2) is 5.57. The first-order valence-corrected chi connectivity index (χ1v) is 7.57. The predicted octanol–water partition coefficient (Wildman–Crippen LogP) is 0.729. The number of amides is 1. The molecule has 0 bridgehead atoms. The van der Waals surface area contributed by atoms with Gasteiger partial charge in [0.25, 0.3) is 0 Å². The first kappa shape index (κ1) is 12.4. The minimum atomic E-state index is 0.243. The lowest BCUT2D eigenvalue weighted by molar-refractivity contribution is -0.128. The molecule has 102 valence electrons. The molecule has 3 fully saturated rings. The Kier molecular flexibility index (Phi) is 3.85. The number of nitrogens with zero attached hydrogens (tertiary/aromatic N) is 1. The summed E-state index contributed by atoms with van der Waals surface area (Å²) in [6.45, 7) is 4.07. The van der Waals surface area contributed by atoms with E-state index in [0.717, 1.165) is 25.6 Å². The van der Waals surface area contributed by atoms with Crippen molar-refractivity contribution < 1.29 is 4.79 Å². The maximum atomic E-state index is 11.8. The van der Waals surface area contributed by atoms with Gasteiger partial charge in [-0.15, -0.1) is 0 Å². The van der Waals surface area contributed by atoms with Crippen LogP contribution in [0, 0.1) is 5.92 Å². The van der Waals surface area contributed by atoms with E-state index in [1.54, 1.807) is 0 Å². The second-order valence-corrected chi connectivity index (χ2v) is 6.15. The van der Waals surface area contributed by atoms with Gasteiger partial charge in [0.05, 0.1) is 6.54 Å². The molecule has 2 saturated heterocycles. The van der Waals surface area contributed by atoms with E-state index in [2.05, 4.69) is 15.5 Å². The van der Waals surface area contributed by atoms with Crippen LogP contribution in [0.25, 0.3) is 0 Å². The molecule has 0 aromatic rings. The van der Waals surface area contributed by atoms with Crippen molar-refractivity contribution >= 4 is 5.91 Å². The number of fused-ring (bicyclic) bond motifs is 1. The molecular weight excluding hydrogens is 226 g/mol. The van der Waals surface area contributed by atoms with Gasteiger partial charge in [-0.1, -0.05) is 12.8 Å². The van der Waals surface area contributed by atoms with Crippen LogP contribution in [0.5, 0.6) is 0 Å². The van der Waals surface area contributed by atoms with Gasteiger partial charge in [0.2, 0.25) is 5.91 Å². The summed E-state index contributed by atoms with van der Waals surface area (Å²) in [6.07, 6.45) is 7.61. The summed E-state index contributed by atoms with van der Waals surface area (Å²) >= 11 is 0. The van der Waals surface area contributed by atoms with Crippen molar-refractivity contribution in [1.82, 2.24) is 15.5 Å². The number of hydrogen-bond donors (Lipinski definition) is 2. The van der Waals surface area contributed by atoms with Crippen LogP contribution in [0.2, 0.25) is 0 Å². The molecule has 2 atom stereocenters. The van der Waals surface area contributed by atoms with Crippen molar-refractivity contribution in [3.63, 3.8) is 0 Å². The molecule has 0 aromatic carbocycles. The first-order chi connectivity index (χ1) is 8.83. The van der Waals surface area contributed by atoms with E-state index in [1.807, 2.05) is 0 Å². The fourth-order valence-corrected chi connectivity index (χ4v) is 3.87. The van der Waals surface area contributed by atoms with Crippen molar-refractivity contribution in [2.45, 2.75) is 50.6 Å². The molecule has 3 aliphatic rings. The van der Waals surface area contributed by atoms with Gasteiger partial charge in [-0.3, -0.25) is 9.69 Å². The lowest BCUT2D eigenvalue weighted by Gasteiger charge is -2.45. The molecular formula is C14H25N3O. The van der Waals surface area contributed by atoms with Crippen LogP contribution in [-0.2, 0) is 4.79 Å². The highest BCUT2D eigenvalue weighted by Gasteiger charge is 2.37. The van der Waals surface area contributed by atoms with E-state index in [0.29, 0.717) is 18.6 Å². The summed E-state index contributed by atoms with van der Waals surface area (Å²) in [6, 6.07) is 1.05. The van der Waals surface area contributed by atoms with E-state index < -0.39 is 0 Å². The summed E-state index contributed by atoms with van der Waals surface area (Å²) in [5, 5.41) is 6.61. The molecule has 3 rings (SSSR count). The molecule has 4 heteroatoms. The third-order valence-electron chi connectivity index (χ3n) is 4.84. The van der Waals surface area contributed by atoms with Crippen LogP contribution in [0.3, 0.4) is 0 Å². The lowest BCUT2D eigenvalue weighted by atomic mass is 9.86. The number of nitrogens with one attached hydrogen (secondary N) is 2. The lowest BCUT2D eigenvalue weighted by Crippen LogP contribution is -2.62. The van der Waals surface area contributed by atoms with Gasteiger partial charge in [0, 0.05) is 18.6 Å². The fraction of sp³-hybridized carbons (Fsp3) is 0.929. The van der Waals surface area contributed by atoms with E-state index in [-0.39, 0.29) is 5.91 Å². The summed E-state index contributed by atoms with van der Waals surface area (Å²) in [5.74, 6) is 1.03. The second-order valence-electron chi connectivity index (χ2n) is 6.15. The molecule has 1 amide bonds. The number of piperazine rings is 1. The molecule has 0 spiro atoms. The van der Waals surface area contributed by atoms with Gasteiger partial charge in [-0.2, -0.15) is 0 Å². The topological polar surface area (TPSA) is 44.4 Å². The standard InChI is InChI=1S/C14H25N3O/c18-14-10-17(9-11-5-7-15-8-6-11)13-4-2-1-3-12(13)16-14/h11-13,15H,1-10H2,(H,16,18). The quantitative estimate of drug-likeness (QED) is 0.760. The van der Waals surface area contributed by atoms with Crippen LogP contribution < -0.4 is 10.6 Å². The molecule has 0 aromatic heterocycles. The maximum absolute atomic E-state index is 11.8. The average molecular weight is 251 g/mol. The smallest absolute Gasteiger partial charge is 0.234 e. The van der Waals surface area contributed by atoms with Gasteiger partial charge in [-0.25, -0.2) is 0 Å². The summed E-state index contributed by atoms with van der Waals surface area (Å²) in [5.41, 5.74) is 0. The highest BCUT2D eigenvalue weighted by atomic mass is 16.2. The molecule has 2 aliphatic heterocycles. The van der Waals surface area contributed by atoms with Crippen LogP contribution in [0.4, 0.5) is 0 Å². The van der Waals surface area contributed by atoms with Crippen LogP contribution in [0.15, 0.2) is 0 Å². The minimum Gasteiger partial charge on any atom is -0.351 e. The van der Waals surface area contributed by atoms with Crippen LogP contribution in [-0.4, -0.2) is 49.1 Å². The monoisotopic (exact) mass is 251 g/mol. The number of carbonyl (C=O) groups is 1. The Morgan fingerprint density at radius 3 is 2.72 bits per heavy atom. The third-order valence-corrected chi connectivity index (χ3v) is 4.84.